The minimum absolute atomic E-state index is 0.467. The van der Waals surface area contributed by atoms with Crippen LogP contribution in [0.2, 0.25) is 0 Å². The number of hydrogen-bond donors (Lipinski definition) is 0. The van der Waals surface area contributed by atoms with Crippen LogP contribution in [0.3, 0.4) is 0 Å². The normalized spacial score (nSPS) is 55.5. The number of fused-ring (bicyclic) bond motifs is 4. The van der Waals surface area contributed by atoms with Crippen LogP contribution in [0, 0.1) is 40.4 Å². The average molecular weight is 315 g/mol. The predicted octanol–water partition coefficient (Wildman–Crippen LogP) is 5.77. The van der Waals surface area contributed by atoms with Crippen molar-refractivity contribution in [3.05, 3.63) is 0 Å². The highest BCUT2D eigenvalue weighted by molar-refractivity contribution is 5.83. The summed E-state index contributed by atoms with van der Waals surface area (Å²) in [5.74, 6) is 5.02. The van der Waals surface area contributed by atoms with E-state index in [4.69, 9.17) is 0 Å². The van der Waals surface area contributed by atoms with Gasteiger partial charge in [0, 0.05) is 12.3 Å². The van der Waals surface area contributed by atoms with Crippen molar-refractivity contribution < 1.29 is 4.79 Å². The van der Waals surface area contributed by atoms with Crippen molar-refractivity contribution in [2.24, 2.45) is 40.4 Å². The Bertz CT molecular complexity index is 510. The minimum Gasteiger partial charge on any atom is -0.299 e. The third-order valence-corrected chi connectivity index (χ3v) is 9.75. The molecule has 0 saturated heterocycles. The Kier molecular flexibility index (Phi) is 3.31. The number of ketones is 1. The molecule has 0 N–H and O–H groups in total. The predicted molar refractivity (Wildman–Crippen MR) is 93.0 cm³/mol. The first-order chi connectivity index (χ1) is 11.2. The number of carbonyl (C=O) groups is 1. The Hall–Kier alpha value is -0.330. The minimum atomic E-state index is 0.467. The lowest BCUT2D eigenvalue weighted by Crippen LogP contribution is -2.54. The number of Topliss-reactive ketones (excluding diaryl/α,β-unsaturated/α-hetero) is 1. The van der Waals surface area contributed by atoms with Crippen molar-refractivity contribution in [1.82, 2.24) is 0 Å². The first-order valence-electron chi connectivity index (χ1n) is 10.7. The molecule has 0 radical (unpaired) electrons. The Morgan fingerprint density at radius 1 is 0.826 bits per heavy atom. The zero-order valence-corrected chi connectivity index (χ0v) is 15.0. The highest BCUT2D eigenvalue weighted by atomic mass is 16.1. The second kappa shape index (κ2) is 5.09. The molecule has 23 heavy (non-hydrogen) atoms. The summed E-state index contributed by atoms with van der Waals surface area (Å²) in [6, 6.07) is 0. The molecule has 1 heteroatoms. The zero-order valence-electron chi connectivity index (χ0n) is 15.0. The second-order valence-electron chi connectivity index (χ2n) is 10.1. The molecule has 0 aromatic heterocycles. The maximum atomic E-state index is 12.6. The Balaban J connectivity index is 1.48. The number of carbonyl (C=O) groups excluding carboxylic acids is 1. The van der Waals surface area contributed by atoms with Crippen molar-refractivity contribution in [3.63, 3.8) is 0 Å². The van der Waals surface area contributed by atoms with Gasteiger partial charge in [0.05, 0.1) is 0 Å². The van der Waals surface area contributed by atoms with Gasteiger partial charge in [-0.05, 0) is 98.7 Å². The van der Waals surface area contributed by atoms with Crippen molar-refractivity contribution in [3.8, 4) is 0 Å². The maximum absolute atomic E-state index is 12.6. The molecule has 1 spiro atoms. The number of hydrogen-bond acceptors (Lipinski definition) is 1. The van der Waals surface area contributed by atoms with Crippen LogP contribution in [0.1, 0.15) is 90.4 Å². The molecule has 0 bridgehead atoms. The fourth-order valence-electron chi connectivity index (χ4n) is 8.84. The molecule has 7 atom stereocenters. The zero-order chi connectivity index (χ0) is 15.7. The summed E-state index contributed by atoms with van der Waals surface area (Å²) in [7, 11) is 0. The summed E-state index contributed by atoms with van der Waals surface area (Å²) in [4.78, 5) is 12.6. The smallest absolute Gasteiger partial charge is 0.136 e. The third kappa shape index (κ3) is 1.89. The van der Waals surface area contributed by atoms with Crippen LogP contribution < -0.4 is 0 Å². The van der Waals surface area contributed by atoms with E-state index < -0.39 is 0 Å². The molecule has 0 aliphatic heterocycles. The summed E-state index contributed by atoms with van der Waals surface area (Å²) >= 11 is 0. The van der Waals surface area contributed by atoms with E-state index in [9.17, 15) is 4.79 Å². The lowest BCUT2D eigenvalue weighted by atomic mass is 9.43. The van der Waals surface area contributed by atoms with Gasteiger partial charge in [-0.15, -0.1) is 0 Å². The Morgan fingerprint density at radius 3 is 2.65 bits per heavy atom. The molecule has 0 aromatic carbocycles. The molecular weight excluding hydrogens is 280 g/mol. The largest absolute Gasteiger partial charge is 0.299 e. The molecule has 4 unspecified atom stereocenters. The summed E-state index contributed by atoms with van der Waals surface area (Å²) in [5, 5.41) is 0. The third-order valence-electron chi connectivity index (χ3n) is 9.75. The highest BCUT2D eigenvalue weighted by Gasteiger charge is 2.62. The molecule has 5 saturated carbocycles. The van der Waals surface area contributed by atoms with E-state index in [-0.39, 0.29) is 0 Å². The van der Waals surface area contributed by atoms with Crippen LogP contribution in [0.25, 0.3) is 0 Å². The molecule has 0 amide bonds. The summed E-state index contributed by atoms with van der Waals surface area (Å²) in [6.45, 7) is 2.67. The topological polar surface area (TPSA) is 17.1 Å². The van der Waals surface area contributed by atoms with E-state index >= 15 is 0 Å². The molecule has 5 rings (SSSR count). The molecule has 128 valence electrons. The first-order valence-corrected chi connectivity index (χ1v) is 10.7. The van der Waals surface area contributed by atoms with Crippen LogP contribution in [0.15, 0.2) is 0 Å². The van der Waals surface area contributed by atoms with Gasteiger partial charge in [-0.3, -0.25) is 4.79 Å². The van der Waals surface area contributed by atoms with Gasteiger partial charge in [0.2, 0.25) is 0 Å². The van der Waals surface area contributed by atoms with E-state index in [0.717, 1.165) is 30.1 Å². The Morgan fingerprint density at radius 2 is 1.74 bits per heavy atom. The van der Waals surface area contributed by atoms with Gasteiger partial charge in [-0.25, -0.2) is 0 Å². The van der Waals surface area contributed by atoms with Crippen molar-refractivity contribution in [1.29, 1.82) is 0 Å². The highest BCUT2D eigenvalue weighted by Crippen LogP contribution is 2.69. The second-order valence-corrected chi connectivity index (χ2v) is 10.1. The van der Waals surface area contributed by atoms with Crippen LogP contribution in [-0.2, 0) is 4.79 Å². The standard InChI is InChI=1S/C22H34O/c1-21-12-3-2-5-15(21)7-8-16-17(21)11-14-22-13-4-6-20(23)19(22)10-9-18(16)22/h15-19H,2-14H2,1H3/t15?,16?,17?,18?,19-,21+,22+/m1/s1. The molecular formula is C22H34O. The quantitative estimate of drug-likeness (QED) is 0.555. The fourth-order valence-corrected chi connectivity index (χ4v) is 8.84. The van der Waals surface area contributed by atoms with Crippen molar-refractivity contribution in [2.75, 3.05) is 0 Å². The van der Waals surface area contributed by atoms with Gasteiger partial charge in [-0.2, -0.15) is 0 Å². The van der Waals surface area contributed by atoms with Crippen LogP contribution >= 0.6 is 0 Å². The van der Waals surface area contributed by atoms with E-state index in [0.29, 0.717) is 22.5 Å². The molecule has 5 aliphatic carbocycles. The lowest BCUT2D eigenvalue weighted by molar-refractivity contribution is -0.144. The van der Waals surface area contributed by atoms with E-state index in [1.54, 1.807) is 0 Å². The van der Waals surface area contributed by atoms with Crippen LogP contribution in [0.5, 0.6) is 0 Å². The molecule has 1 nitrogen and oxygen atoms in total. The van der Waals surface area contributed by atoms with E-state index in [1.165, 1.54) is 77.0 Å². The summed E-state index contributed by atoms with van der Waals surface area (Å²) < 4.78 is 0. The molecule has 0 aromatic rings. The van der Waals surface area contributed by atoms with Gasteiger partial charge < -0.3 is 0 Å². The lowest BCUT2D eigenvalue weighted by Gasteiger charge is -2.61. The van der Waals surface area contributed by atoms with Gasteiger partial charge >= 0.3 is 0 Å². The fraction of sp³-hybridized carbons (Fsp3) is 0.955. The van der Waals surface area contributed by atoms with Gasteiger partial charge in [-0.1, -0.05) is 19.8 Å². The summed E-state index contributed by atoms with van der Waals surface area (Å²) in [5.41, 5.74) is 1.12. The molecule has 5 aliphatic rings. The average Bonchev–Trinajstić information content (AvgIpc) is 2.95. The van der Waals surface area contributed by atoms with Crippen LogP contribution in [-0.4, -0.2) is 5.78 Å². The summed E-state index contributed by atoms with van der Waals surface area (Å²) in [6.07, 6.45) is 17.9. The van der Waals surface area contributed by atoms with Crippen molar-refractivity contribution in [2.45, 2.75) is 90.4 Å². The molecule has 0 heterocycles. The van der Waals surface area contributed by atoms with Crippen LogP contribution in [0.4, 0.5) is 0 Å². The first kappa shape index (κ1) is 15.0. The van der Waals surface area contributed by atoms with Gasteiger partial charge in [0.25, 0.3) is 0 Å². The van der Waals surface area contributed by atoms with E-state index in [2.05, 4.69) is 6.92 Å². The van der Waals surface area contributed by atoms with E-state index in [1.807, 2.05) is 0 Å². The SMILES string of the molecule is C[C@]12CCCCC1CCC1C2CC[C@]23CCCC(=O)[C@H]2CCC13. The molecule has 5 fully saturated rings. The monoisotopic (exact) mass is 314 g/mol. The van der Waals surface area contributed by atoms with Gasteiger partial charge in [0.1, 0.15) is 5.78 Å². The number of rotatable bonds is 0. The Labute approximate surface area is 142 Å². The van der Waals surface area contributed by atoms with Crippen molar-refractivity contribution >= 4 is 5.78 Å². The van der Waals surface area contributed by atoms with Gasteiger partial charge in [0.15, 0.2) is 0 Å². The maximum Gasteiger partial charge on any atom is 0.136 e.